The second-order valence-electron chi connectivity index (χ2n) is 5.56. The Kier molecular flexibility index (Phi) is 5.37. The molecule has 2 rings (SSSR count). The van der Waals surface area contributed by atoms with Crippen LogP contribution < -0.4 is 5.56 Å². The van der Waals surface area contributed by atoms with Gasteiger partial charge in [-0.1, -0.05) is 12.1 Å². The molecule has 0 amide bonds. The fourth-order valence-corrected chi connectivity index (χ4v) is 2.49. The molecule has 4 nitrogen and oxygen atoms in total. The smallest absolute Gasteiger partial charge is 0.261 e. The number of nitrogens with zero attached hydrogens (tertiary/aromatic N) is 3. The first-order valence-electron chi connectivity index (χ1n) is 7.29. The van der Waals surface area contributed by atoms with Crippen LogP contribution in [0.2, 0.25) is 0 Å². The van der Waals surface area contributed by atoms with E-state index in [1.54, 1.807) is 4.57 Å². The van der Waals surface area contributed by atoms with Crippen LogP contribution in [0.5, 0.6) is 0 Å². The van der Waals surface area contributed by atoms with Gasteiger partial charge in [0.2, 0.25) is 0 Å². The van der Waals surface area contributed by atoms with Crippen LogP contribution in [0.1, 0.15) is 26.1 Å². The Morgan fingerprint density at radius 3 is 2.71 bits per heavy atom. The Labute approximate surface area is 130 Å². The van der Waals surface area contributed by atoms with Crippen molar-refractivity contribution in [3.8, 4) is 0 Å². The summed E-state index contributed by atoms with van der Waals surface area (Å²) in [6.07, 6.45) is 0.901. The Hall–Kier alpha value is -1.39. The summed E-state index contributed by atoms with van der Waals surface area (Å²) in [5.41, 5.74) is 0.720. The normalized spacial score (nSPS) is 11.7. The quantitative estimate of drug-likeness (QED) is 0.770. The van der Waals surface area contributed by atoms with Gasteiger partial charge in [-0.15, -0.1) is 11.6 Å². The third-order valence-corrected chi connectivity index (χ3v) is 4.07. The highest BCUT2D eigenvalue weighted by atomic mass is 35.5. The molecule has 2 aromatic rings. The number of para-hydroxylation sites is 1. The molecular formula is C16H22ClN3O. The maximum atomic E-state index is 12.6. The molecule has 5 heteroatoms. The molecular weight excluding hydrogens is 286 g/mol. The Morgan fingerprint density at radius 2 is 2.05 bits per heavy atom. The van der Waals surface area contributed by atoms with Gasteiger partial charge in [-0.05, 0) is 46.0 Å². The zero-order valence-electron chi connectivity index (χ0n) is 12.8. The van der Waals surface area contributed by atoms with Crippen molar-refractivity contribution in [3.05, 3.63) is 40.4 Å². The van der Waals surface area contributed by atoms with Crippen molar-refractivity contribution in [1.82, 2.24) is 14.5 Å². The summed E-state index contributed by atoms with van der Waals surface area (Å²) in [7, 11) is 2.09. The second kappa shape index (κ2) is 7.05. The standard InChI is InChI=1S/C16H22ClN3O/c1-12(2)19(3)9-6-10-20-15(11-17)18-14-8-5-4-7-13(14)16(20)21/h4-5,7-8,12H,6,9-11H2,1-3H3. The van der Waals surface area contributed by atoms with Crippen molar-refractivity contribution in [3.63, 3.8) is 0 Å². The monoisotopic (exact) mass is 307 g/mol. The molecule has 0 aliphatic rings. The Bertz CT molecular complexity index is 666. The van der Waals surface area contributed by atoms with Crippen molar-refractivity contribution in [1.29, 1.82) is 0 Å². The minimum absolute atomic E-state index is 0.00319. The lowest BCUT2D eigenvalue weighted by atomic mass is 10.2. The first-order valence-corrected chi connectivity index (χ1v) is 7.82. The number of rotatable bonds is 6. The van der Waals surface area contributed by atoms with E-state index in [1.807, 2.05) is 24.3 Å². The average molecular weight is 308 g/mol. The molecule has 0 radical (unpaired) electrons. The van der Waals surface area contributed by atoms with Gasteiger partial charge in [0, 0.05) is 12.6 Å². The van der Waals surface area contributed by atoms with Gasteiger partial charge in [0.25, 0.3) is 5.56 Å². The van der Waals surface area contributed by atoms with E-state index in [4.69, 9.17) is 11.6 Å². The highest BCUT2D eigenvalue weighted by Gasteiger charge is 2.10. The van der Waals surface area contributed by atoms with Crippen molar-refractivity contribution in [2.24, 2.45) is 0 Å². The van der Waals surface area contributed by atoms with Crippen molar-refractivity contribution in [2.75, 3.05) is 13.6 Å². The Balaban J connectivity index is 2.26. The van der Waals surface area contributed by atoms with Gasteiger partial charge in [0.05, 0.1) is 16.8 Å². The molecule has 0 aliphatic heterocycles. The van der Waals surface area contributed by atoms with Crippen LogP contribution in [0.25, 0.3) is 10.9 Å². The molecule has 0 saturated heterocycles. The van der Waals surface area contributed by atoms with Crippen LogP contribution in [0.15, 0.2) is 29.1 Å². The topological polar surface area (TPSA) is 38.1 Å². The number of alkyl halides is 1. The molecule has 0 aliphatic carbocycles. The van der Waals surface area contributed by atoms with Crippen LogP contribution in [-0.2, 0) is 12.4 Å². The predicted molar refractivity (Wildman–Crippen MR) is 87.9 cm³/mol. The number of hydrogen-bond donors (Lipinski definition) is 0. The van der Waals surface area contributed by atoms with Crippen molar-refractivity contribution >= 4 is 22.5 Å². The van der Waals surface area contributed by atoms with Gasteiger partial charge in [-0.2, -0.15) is 0 Å². The number of hydrogen-bond acceptors (Lipinski definition) is 3. The fourth-order valence-electron chi connectivity index (χ4n) is 2.28. The zero-order valence-corrected chi connectivity index (χ0v) is 13.6. The SMILES string of the molecule is CC(C)N(C)CCCn1c(CCl)nc2ccccc2c1=O. The summed E-state index contributed by atoms with van der Waals surface area (Å²) in [6, 6.07) is 7.92. The lowest BCUT2D eigenvalue weighted by Crippen LogP contribution is -2.30. The van der Waals surface area contributed by atoms with E-state index < -0.39 is 0 Å². The van der Waals surface area contributed by atoms with Gasteiger partial charge in [0.15, 0.2) is 0 Å². The summed E-state index contributed by atoms with van der Waals surface area (Å²) >= 11 is 5.96. The van der Waals surface area contributed by atoms with E-state index in [0.29, 0.717) is 29.3 Å². The summed E-state index contributed by atoms with van der Waals surface area (Å²) in [5.74, 6) is 0.896. The predicted octanol–water partition coefficient (Wildman–Crippen LogP) is 2.87. The molecule has 0 N–H and O–H groups in total. The maximum absolute atomic E-state index is 12.6. The molecule has 0 atom stereocenters. The summed E-state index contributed by atoms with van der Waals surface area (Å²) in [6.45, 7) is 5.91. The summed E-state index contributed by atoms with van der Waals surface area (Å²) in [4.78, 5) is 19.3. The molecule has 0 bridgehead atoms. The number of benzene rings is 1. The van der Waals surface area contributed by atoms with Gasteiger partial charge >= 0.3 is 0 Å². The Morgan fingerprint density at radius 1 is 1.33 bits per heavy atom. The molecule has 0 saturated carbocycles. The first-order chi connectivity index (χ1) is 10.0. The van der Waals surface area contributed by atoms with Gasteiger partial charge < -0.3 is 4.90 Å². The summed E-state index contributed by atoms with van der Waals surface area (Å²) in [5, 5.41) is 0.656. The highest BCUT2D eigenvalue weighted by Crippen LogP contribution is 2.10. The maximum Gasteiger partial charge on any atom is 0.261 e. The second-order valence-corrected chi connectivity index (χ2v) is 5.83. The minimum atomic E-state index is 0.00319. The largest absolute Gasteiger partial charge is 0.304 e. The molecule has 1 heterocycles. The van der Waals surface area contributed by atoms with Crippen molar-refractivity contribution < 1.29 is 0 Å². The van der Waals surface area contributed by atoms with Crippen LogP contribution in [-0.4, -0.2) is 34.1 Å². The number of aromatic nitrogens is 2. The van der Waals surface area contributed by atoms with Gasteiger partial charge in [0.1, 0.15) is 5.82 Å². The van der Waals surface area contributed by atoms with E-state index in [9.17, 15) is 4.79 Å². The average Bonchev–Trinajstić information content (AvgIpc) is 2.48. The third-order valence-electron chi connectivity index (χ3n) is 3.83. The van der Waals surface area contributed by atoms with E-state index in [2.05, 4.69) is 30.8 Å². The number of fused-ring (bicyclic) bond motifs is 1. The molecule has 0 fully saturated rings. The van der Waals surface area contributed by atoms with Crippen LogP contribution in [0, 0.1) is 0 Å². The third kappa shape index (κ3) is 3.63. The summed E-state index contributed by atoms with van der Waals surface area (Å²) < 4.78 is 1.71. The van der Waals surface area contributed by atoms with Crippen LogP contribution >= 0.6 is 11.6 Å². The highest BCUT2D eigenvalue weighted by molar-refractivity contribution is 6.16. The molecule has 0 spiro atoms. The van der Waals surface area contributed by atoms with Crippen LogP contribution in [0.3, 0.4) is 0 Å². The van der Waals surface area contributed by atoms with Crippen molar-refractivity contribution in [2.45, 2.75) is 38.7 Å². The lowest BCUT2D eigenvalue weighted by molar-refractivity contribution is 0.264. The first kappa shape index (κ1) is 16.0. The zero-order chi connectivity index (χ0) is 15.4. The van der Waals surface area contributed by atoms with E-state index in [1.165, 1.54) is 0 Å². The van der Waals surface area contributed by atoms with E-state index in [0.717, 1.165) is 13.0 Å². The molecule has 21 heavy (non-hydrogen) atoms. The molecule has 0 unspecified atom stereocenters. The molecule has 1 aromatic heterocycles. The lowest BCUT2D eigenvalue weighted by Gasteiger charge is -2.21. The van der Waals surface area contributed by atoms with Gasteiger partial charge in [-0.25, -0.2) is 4.98 Å². The van der Waals surface area contributed by atoms with Crippen LogP contribution in [0.4, 0.5) is 0 Å². The van der Waals surface area contributed by atoms with Gasteiger partial charge in [-0.3, -0.25) is 9.36 Å². The fraction of sp³-hybridized carbons (Fsp3) is 0.500. The molecule has 114 valence electrons. The molecule has 1 aromatic carbocycles. The van der Waals surface area contributed by atoms with E-state index in [-0.39, 0.29) is 11.4 Å². The number of halogens is 1. The van der Waals surface area contributed by atoms with E-state index >= 15 is 0 Å². The minimum Gasteiger partial charge on any atom is -0.304 e.